The molecule has 0 N–H and O–H groups in total. The Bertz CT molecular complexity index is 141. The van der Waals surface area contributed by atoms with E-state index in [9.17, 15) is 4.79 Å². The molecule has 2 atom stereocenters. The molecule has 2 nitrogen and oxygen atoms in total. The maximum absolute atomic E-state index is 10.0. The van der Waals surface area contributed by atoms with Gasteiger partial charge in [-0.05, 0) is 5.92 Å². The van der Waals surface area contributed by atoms with Crippen LogP contribution >= 0.6 is 0 Å². The Kier molecular flexibility index (Phi) is 6.67. The Morgan fingerprint density at radius 3 is 2.58 bits per heavy atom. The highest BCUT2D eigenvalue weighted by molar-refractivity contribution is 5.51. The van der Waals surface area contributed by atoms with E-state index in [4.69, 9.17) is 4.74 Å². The number of carbonyl (C=O) groups excluding carboxylic acids is 1. The van der Waals surface area contributed by atoms with Crippen molar-refractivity contribution in [2.75, 3.05) is 7.11 Å². The van der Waals surface area contributed by atoms with Crippen LogP contribution in [0, 0.1) is 5.92 Å². The summed E-state index contributed by atoms with van der Waals surface area (Å²) in [5, 5.41) is 0. The van der Waals surface area contributed by atoms with Gasteiger partial charge in [-0.1, -0.05) is 32.4 Å². The lowest BCUT2D eigenvalue weighted by molar-refractivity contribution is -0.107. The van der Waals surface area contributed by atoms with Crippen molar-refractivity contribution in [1.82, 2.24) is 0 Å². The molecule has 0 amide bonds. The fourth-order valence-electron chi connectivity index (χ4n) is 1.00. The molecular weight excluding hydrogens is 152 g/mol. The number of ether oxygens (including phenoxy) is 1. The van der Waals surface area contributed by atoms with Crippen LogP contribution in [0.1, 0.15) is 26.7 Å². The van der Waals surface area contributed by atoms with Crippen LogP contribution in [0.15, 0.2) is 12.2 Å². The van der Waals surface area contributed by atoms with Crippen LogP contribution in [0.2, 0.25) is 0 Å². The average Bonchev–Trinajstić information content (AvgIpc) is 2.11. The van der Waals surface area contributed by atoms with Gasteiger partial charge < -0.3 is 9.53 Å². The average molecular weight is 170 g/mol. The number of carbonyl (C=O) groups is 1. The Hall–Kier alpha value is -0.630. The van der Waals surface area contributed by atoms with Gasteiger partial charge in [0.25, 0.3) is 0 Å². The second-order valence-electron chi connectivity index (χ2n) is 2.92. The molecule has 0 fully saturated rings. The maximum atomic E-state index is 10.0. The number of allylic oxidation sites excluding steroid dienone is 1. The summed E-state index contributed by atoms with van der Waals surface area (Å²) < 4.78 is 5.25. The van der Waals surface area contributed by atoms with Gasteiger partial charge in [0, 0.05) is 13.5 Å². The Balaban J connectivity index is 3.88. The summed E-state index contributed by atoms with van der Waals surface area (Å²) in [7, 11) is 1.70. The Morgan fingerprint density at radius 1 is 1.50 bits per heavy atom. The quantitative estimate of drug-likeness (QED) is 0.451. The van der Waals surface area contributed by atoms with Gasteiger partial charge in [0.05, 0.1) is 6.10 Å². The summed E-state index contributed by atoms with van der Waals surface area (Å²) in [4.78, 5) is 10.0. The highest BCUT2D eigenvalue weighted by Crippen LogP contribution is 2.11. The van der Waals surface area contributed by atoms with Crippen LogP contribution in [-0.4, -0.2) is 19.5 Å². The molecule has 0 bridgehead atoms. The molecule has 0 aliphatic rings. The molecule has 0 saturated carbocycles. The molecule has 0 aliphatic heterocycles. The van der Waals surface area contributed by atoms with Gasteiger partial charge in [0.1, 0.15) is 6.29 Å². The molecule has 2 unspecified atom stereocenters. The van der Waals surface area contributed by atoms with Gasteiger partial charge in [0.2, 0.25) is 0 Å². The van der Waals surface area contributed by atoms with Crippen molar-refractivity contribution in [1.29, 1.82) is 0 Å². The molecule has 0 saturated heterocycles. The lowest BCUT2D eigenvalue weighted by Gasteiger charge is -2.17. The molecule has 0 aromatic heterocycles. The lowest BCUT2D eigenvalue weighted by atomic mass is 10.0. The first-order valence-electron chi connectivity index (χ1n) is 4.39. The van der Waals surface area contributed by atoms with Gasteiger partial charge in [-0.2, -0.15) is 0 Å². The third-order valence-corrected chi connectivity index (χ3v) is 2.04. The molecule has 0 radical (unpaired) electrons. The predicted octanol–water partition coefficient (Wildman–Crippen LogP) is 2.19. The first-order valence-corrected chi connectivity index (χ1v) is 4.39. The molecular formula is C10H18O2. The van der Waals surface area contributed by atoms with Crippen LogP contribution in [0.4, 0.5) is 0 Å². The molecule has 0 aromatic rings. The van der Waals surface area contributed by atoms with E-state index in [2.05, 4.69) is 13.8 Å². The van der Waals surface area contributed by atoms with E-state index in [0.29, 0.717) is 12.3 Å². The second-order valence-corrected chi connectivity index (χ2v) is 2.92. The fourth-order valence-corrected chi connectivity index (χ4v) is 1.00. The summed E-state index contributed by atoms with van der Waals surface area (Å²) in [6, 6.07) is 0. The van der Waals surface area contributed by atoms with Gasteiger partial charge >= 0.3 is 0 Å². The molecule has 0 aromatic carbocycles. The van der Waals surface area contributed by atoms with Gasteiger partial charge in [0.15, 0.2) is 0 Å². The zero-order chi connectivity index (χ0) is 9.40. The topological polar surface area (TPSA) is 26.3 Å². The third-order valence-electron chi connectivity index (χ3n) is 2.04. The van der Waals surface area contributed by atoms with Crippen molar-refractivity contribution in [3.05, 3.63) is 12.2 Å². The summed E-state index contributed by atoms with van der Waals surface area (Å²) >= 11 is 0. The van der Waals surface area contributed by atoms with E-state index >= 15 is 0 Å². The minimum absolute atomic E-state index is 0.148. The first-order chi connectivity index (χ1) is 5.76. The van der Waals surface area contributed by atoms with Gasteiger partial charge in [-0.3, -0.25) is 0 Å². The molecule has 70 valence electrons. The van der Waals surface area contributed by atoms with Crippen molar-refractivity contribution in [2.45, 2.75) is 32.8 Å². The largest absolute Gasteiger partial charge is 0.377 e. The molecule has 0 rings (SSSR count). The summed E-state index contributed by atoms with van der Waals surface area (Å²) in [5.74, 6) is 0.512. The Morgan fingerprint density at radius 2 is 2.17 bits per heavy atom. The minimum Gasteiger partial charge on any atom is -0.377 e. The van der Waals surface area contributed by atoms with Crippen LogP contribution in [0.3, 0.4) is 0 Å². The van der Waals surface area contributed by atoms with Crippen LogP contribution < -0.4 is 0 Å². The summed E-state index contributed by atoms with van der Waals surface area (Å²) in [6.07, 6.45) is 6.42. The monoisotopic (exact) mass is 170 g/mol. The normalized spacial score (nSPS) is 16.2. The lowest BCUT2D eigenvalue weighted by Crippen LogP contribution is -2.16. The molecule has 0 aliphatic carbocycles. The predicted molar refractivity (Wildman–Crippen MR) is 50.1 cm³/mol. The van der Waals surface area contributed by atoms with Crippen molar-refractivity contribution in [3.63, 3.8) is 0 Å². The molecule has 2 heteroatoms. The smallest absolute Gasteiger partial charge is 0.123 e. The maximum Gasteiger partial charge on any atom is 0.123 e. The highest BCUT2D eigenvalue weighted by Gasteiger charge is 2.10. The second kappa shape index (κ2) is 7.04. The standard InChI is InChI=1S/C10H18O2/c1-4-9(2)10(12-3)7-5-6-8-11/h5,7-10H,4,6H2,1-3H3/b7-5+. The SMILES string of the molecule is CCC(C)C(/C=C/CC=O)OC. The van der Waals surface area contributed by atoms with Crippen LogP contribution in [-0.2, 0) is 9.53 Å². The van der Waals surface area contributed by atoms with E-state index in [1.54, 1.807) is 7.11 Å². The summed E-state index contributed by atoms with van der Waals surface area (Å²) in [6.45, 7) is 4.27. The highest BCUT2D eigenvalue weighted by atomic mass is 16.5. The molecule has 0 spiro atoms. The van der Waals surface area contributed by atoms with Crippen LogP contribution in [0.25, 0.3) is 0 Å². The number of hydrogen-bond donors (Lipinski definition) is 0. The van der Waals surface area contributed by atoms with E-state index in [1.165, 1.54) is 0 Å². The first kappa shape index (κ1) is 11.4. The van der Waals surface area contributed by atoms with Crippen LogP contribution in [0.5, 0.6) is 0 Å². The number of methoxy groups -OCH3 is 1. The van der Waals surface area contributed by atoms with Crippen molar-refractivity contribution in [3.8, 4) is 0 Å². The molecule has 0 heterocycles. The van der Waals surface area contributed by atoms with Crippen molar-refractivity contribution >= 4 is 6.29 Å². The van der Waals surface area contributed by atoms with Gasteiger partial charge in [-0.15, -0.1) is 0 Å². The summed E-state index contributed by atoms with van der Waals surface area (Å²) in [5.41, 5.74) is 0. The van der Waals surface area contributed by atoms with E-state index in [1.807, 2.05) is 12.2 Å². The number of aldehydes is 1. The van der Waals surface area contributed by atoms with Gasteiger partial charge in [-0.25, -0.2) is 0 Å². The zero-order valence-electron chi connectivity index (χ0n) is 8.12. The number of hydrogen-bond acceptors (Lipinski definition) is 2. The fraction of sp³-hybridized carbons (Fsp3) is 0.700. The Labute approximate surface area is 74.6 Å². The minimum atomic E-state index is 0.148. The van der Waals surface area contributed by atoms with Crippen molar-refractivity contribution in [2.24, 2.45) is 5.92 Å². The number of rotatable bonds is 6. The molecule has 12 heavy (non-hydrogen) atoms. The van der Waals surface area contributed by atoms with Crippen molar-refractivity contribution < 1.29 is 9.53 Å². The third kappa shape index (κ3) is 4.29. The zero-order valence-corrected chi connectivity index (χ0v) is 8.12. The van der Waals surface area contributed by atoms with E-state index in [-0.39, 0.29) is 6.10 Å². The van der Waals surface area contributed by atoms with E-state index in [0.717, 1.165) is 12.7 Å². The van der Waals surface area contributed by atoms with E-state index < -0.39 is 0 Å².